The number of carbonyl (C=O) groups excluding carboxylic acids is 2. The van der Waals surface area contributed by atoms with Crippen LogP contribution in [0.15, 0.2) is 0 Å². The zero-order valence-electron chi connectivity index (χ0n) is 13.0. The van der Waals surface area contributed by atoms with Crippen molar-refractivity contribution in [2.75, 3.05) is 19.7 Å². The van der Waals surface area contributed by atoms with Crippen LogP contribution in [0.5, 0.6) is 0 Å². The minimum absolute atomic E-state index is 0.0902. The lowest BCUT2D eigenvalue weighted by molar-refractivity contribution is -0.134. The first-order chi connectivity index (χ1) is 10.1. The summed E-state index contributed by atoms with van der Waals surface area (Å²) in [6.07, 6.45) is 6.56. The molecule has 1 saturated carbocycles. The van der Waals surface area contributed by atoms with E-state index in [1.54, 1.807) is 0 Å². The summed E-state index contributed by atoms with van der Waals surface area (Å²) in [5.41, 5.74) is 0. The van der Waals surface area contributed by atoms with E-state index < -0.39 is 0 Å². The van der Waals surface area contributed by atoms with Gasteiger partial charge in [-0.3, -0.25) is 9.59 Å². The molecule has 2 N–H and O–H groups in total. The Bertz CT molecular complexity index is 367. The molecular weight excluding hydrogens is 268 g/mol. The van der Waals surface area contributed by atoms with E-state index in [0.29, 0.717) is 13.0 Å². The number of hydrogen-bond acceptors (Lipinski definition) is 3. The number of nitrogens with one attached hydrogen (secondary N) is 1. The van der Waals surface area contributed by atoms with E-state index in [9.17, 15) is 14.7 Å². The van der Waals surface area contributed by atoms with Gasteiger partial charge >= 0.3 is 0 Å². The Kier molecular flexibility index (Phi) is 6.03. The number of carbonyl (C=O) groups is 2. The molecule has 1 heterocycles. The van der Waals surface area contributed by atoms with Gasteiger partial charge < -0.3 is 15.3 Å². The predicted octanol–water partition coefficient (Wildman–Crippen LogP) is 1.30. The smallest absolute Gasteiger partial charge is 0.224 e. The van der Waals surface area contributed by atoms with Gasteiger partial charge in [0.25, 0.3) is 0 Å². The van der Waals surface area contributed by atoms with Crippen LogP contribution < -0.4 is 5.32 Å². The molecule has 1 aliphatic heterocycles. The van der Waals surface area contributed by atoms with Crippen LogP contribution in [0.3, 0.4) is 0 Å². The maximum Gasteiger partial charge on any atom is 0.224 e. The van der Waals surface area contributed by atoms with Crippen LogP contribution in [0.1, 0.15) is 51.9 Å². The molecule has 2 rings (SSSR count). The first-order valence-electron chi connectivity index (χ1n) is 8.29. The maximum atomic E-state index is 12.3. The highest BCUT2D eigenvalue weighted by Crippen LogP contribution is 2.25. The van der Waals surface area contributed by atoms with Gasteiger partial charge in [0.2, 0.25) is 11.8 Å². The molecule has 2 unspecified atom stereocenters. The number of aliphatic hydroxyl groups is 1. The summed E-state index contributed by atoms with van der Waals surface area (Å²) in [4.78, 5) is 26.1. The Morgan fingerprint density at radius 1 is 1.24 bits per heavy atom. The molecule has 0 bridgehead atoms. The lowest BCUT2D eigenvalue weighted by Crippen LogP contribution is -2.44. The van der Waals surface area contributed by atoms with Crippen molar-refractivity contribution in [3.63, 3.8) is 0 Å². The van der Waals surface area contributed by atoms with E-state index in [0.717, 1.165) is 45.1 Å². The van der Waals surface area contributed by atoms with Crippen molar-refractivity contribution in [2.45, 2.75) is 57.9 Å². The molecule has 5 heteroatoms. The SMILES string of the molecule is CC(CC(=O)N1CCCC(CO)C1)NC(=O)C1CCCC1. The first-order valence-corrected chi connectivity index (χ1v) is 8.29. The minimum atomic E-state index is -0.111. The molecule has 2 fully saturated rings. The van der Waals surface area contributed by atoms with Crippen molar-refractivity contribution in [3.05, 3.63) is 0 Å². The molecule has 1 aliphatic carbocycles. The predicted molar refractivity (Wildman–Crippen MR) is 80.6 cm³/mol. The Balaban J connectivity index is 1.74. The highest BCUT2D eigenvalue weighted by Gasteiger charge is 2.27. The topological polar surface area (TPSA) is 69.6 Å². The Labute approximate surface area is 127 Å². The van der Waals surface area contributed by atoms with Gasteiger partial charge in [0.05, 0.1) is 0 Å². The second-order valence-electron chi connectivity index (χ2n) is 6.63. The quantitative estimate of drug-likeness (QED) is 0.803. The van der Waals surface area contributed by atoms with Crippen molar-refractivity contribution in [3.8, 4) is 0 Å². The van der Waals surface area contributed by atoms with Crippen LogP contribution in [-0.4, -0.2) is 47.6 Å². The van der Waals surface area contributed by atoms with Crippen molar-refractivity contribution in [2.24, 2.45) is 11.8 Å². The molecule has 0 aromatic carbocycles. The number of rotatable bonds is 5. The number of nitrogens with zero attached hydrogens (tertiary/aromatic N) is 1. The molecule has 0 aromatic heterocycles. The fourth-order valence-corrected chi connectivity index (χ4v) is 3.43. The molecule has 2 amide bonds. The van der Waals surface area contributed by atoms with Gasteiger partial charge in [-0.15, -0.1) is 0 Å². The van der Waals surface area contributed by atoms with E-state index in [4.69, 9.17) is 0 Å². The molecule has 1 saturated heterocycles. The third kappa shape index (κ3) is 4.70. The second kappa shape index (κ2) is 7.78. The zero-order valence-corrected chi connectivity index (χ0v) is 13.0. The summed E-state index contributed by atoms with van der Waals surface area (Å²) >= 11 is 0. The second-order valence-corrected chi connectivity index (χ2v) is 6.63. The summed E-state index contributed by atoms with van der Waals surface area (Å²) in [5, 5.41) is 12.2. The summed E-state index contributed by atoms with van der Waals surface area (Å²) < 4.78 is 0. The Morgan fingerprint density at radius 3 is 2.62 bits per heavy atom. The average molecular weight is 296 g/mol. The van der Waals surface area contributed by atoms with Crippen LogP contribution in [0.2, 0.25) is 0 Å². The standard InChI is InChI=1S/C16H28N2O3/c1-12(17-16(21)14-6-2-3-7-14)9-15(20)18-8-4-5-13(10-18)11-19/h12-14,19H,2-11H2,1H3,(H,17,21). The van der Waals surface area contributed by atoms with Gasteiger partial charge in [0.15, 0.2) is 0 Å². The maximum absolute atomic E-state index is 12.3. The van der Waals surface area contributed by atoms with Gasteiger partial charge in [-0.1, -0.05) is 12.8 Å². The van der Waals surface area contributed by atoms with Gasteiger partial charge in [-0.2, -0.15) is 0 Å². The molecule has 0 spiro atoms. The largest absolute Gasteiger partial charge is 0.396 e. The summed E-state index contributed by atoms with van der Waals surface area (Å²) in [5.74, 6) is 0.564. The van der Waals surface area contributed by atoms with Crippen LogP contribution in [0.4, 0.5) is 0 Å². The number of amides is 2. The summed E-state index contributed by atoms with van der Waals surface area (Å²) in [7, 11) is 0. The van der Waals surface area contributed by atoms with Crippen LogP contribution in [-0.2, 0) is 9.59 Å². The van der Waals surface area contributed by atoms with Crippen LogP contribution in [0.25, 0.3) is 0 Å². The van der Waals surface area contributed by atoms with E-state index in [-0.39, 0.29) is 36.3 Å². The Hall–Kier alpha value is -1.10. The monoisotopic (exact) mass is 296 g/mol. The van der Waals surface area contributed by atoms with E-state index in [2.05, 4.69) is 5.32 Å². The normalized spacial score (nSPS) is 24.9. The van der Waals surface area contributed by atoms with Gasteiger partial charge in [-0.05, 0) is 38.5 Å². The molecule has 0 radical (unpaired) electrons. The molecule has 21 heavy (non-hydrogen) atoms. The first kappa shape index (κ1) is 16.3. The minimum Gasteiger partial charge on any atom is -0.396 e. The van der Waals surface area contributed by atoms with Crippen molar-refractivity contribution in [1.29, 1.82) is 0 Å². The summed E-state index contributed by atoms with van der Waals surface area (Å²) in [6.45, 7) is 3.48. The van der Waals surface area contributed by atoms with Crippen molar-refractivity contribution >= 4 is 11.8 Å². The van der Waals surface area contributed by atoms with Crippen LogP contribution in [0, 0.1) is 11.8 Å². The summed E-state index contributed by atoms with van der Waals surface area (Å²) in [6, 6.07) is -0.111. The third-order valence-corrected chi connectivity index (χ3v) is 4.73. The third-order valence-electron chi connectivity index (χ3n) is 4.73. The lowest BCUT2D eigenvalue weighted by Gasteiger charge is -2.32. The number of aliphatic hydroxyl groups excluding tert-OH is 1. The average Bonchev–Trinajstić information content (AvgIpc) is 3.01. The van der Waals surface area contributed by atoms with E-state index in [1.165, 1.54) is 0 Å². The molecule has 0 aromatic rings. The fraction of sp³-hybridized carbons (Fsp3) is 0.875. The number of likely N-dealkylation sites (tertiary alicyclic amines) is 1. The highest BCUT2D eigenvalue weighted by atomic mass is 16.3. The fourth-order valence-electron chi connectivity index (χ4n) is 3.43. The molecule has 2 atom stereocenters. The van der Waals surface area contributed by atoms with Gasteiger partial charge in [0.1, 0.15) is 0 Å². The molecule has 5 nitrogen and oxygen atoms in total. The number of hydrogen-bond donors (Lipinski definition) is 2. The Morgan fingerprint density at radius 2 is 1.95 bits per heavy atom. The van der Waals surface area contributed by atoms with Crippen molar-refractivity contribution in [1.82, 2.24) is 10.2 Å². The van der Waals surface area contributed by atoms with Crippen LogP contribution >= 0.6 is 0 Å². The van der Waals surface area contributed by atoms with Gasteiger partial charge in [-0.25, -0.2) is 0 Å². The van der Waals surface area contributed by atoms with E-state index in [1.807, 2.05) is 11.8 Å². The zero-order chi connectivity index (χ0) is 15.2. The number of piperidine rings is 1. The highest BCUT2D eigenvalue weighted by molar-refractivity contribution is 5.81. The van der Waals surface area contributed by atoms with Gasteiger partial charge in [0, 0.05) is 38.1 Å². The molecule has 2 aliphatic rings. The lowest BCUT2D eigenvalue weighted by atomic mass is 9.98. The van der Waals surface area contributed by atoms with E-state index >= 15 is 0 Å². The molecular formula is C16H28N2O3. The van der Waals surface area contributed by atoms with Crippen molar-refractivity contribution < 1.29 is 14.7 Å². The molecule has 120 valence electrons.